The molecule has 4 nitrogen and oxygen atoms in total. The van der Waals surface area contributed by atoms with Crippen LogP contribution in [0.2, 0.25) is 0 Å². The van der Waals surface area contributed by atoms with Gasteiger partial charge in [0.2, 0.25) is 0 Å². The highest BCUT2D eigenvalue weighted by Gasteiger charge is 2.11. The fourth-order valence-corrected chi connectivity index (χ4v) is 2.63. The van der Waals surface area contributed by atoms with Crippen molar-refractivity contribution in [2.75, 3.05) is 11.9 Å². The molecule has 0 aliphatic carbocycles. The first-order valence-electron chi connectivity index (χ1n) is 8.93. The zero-order valence-electron chi connectivity index (χ0n) is 15.0. The smallest absolute Gasteiger partial charge is 0.255 e. The molecule has 2 N–H and O–H groups in total. The van der Waals surface area contributed by atoms with E-state index in [1.54, 1.807) is 24.3 Å². The summed E-state index contributed by atoms with van der Waals surface area (Å²) in [5, 5.41) is 5.83. The van der Waals surface area contributed by atoms with Gasteiger partial charge in [-0.15, -0.1) is 0 Å². The first kappa shape index (κ1) is 18.7. The first-order valence-corrected chi connectivity index (χ1v) is 8.93. The molecule has 4 heteroatoms. The van der Waals surface area contributed by atoms with Crippen molar-refractivity contribution < 1.29 is 9.59 Å². The van der Waals surface area contributed by atoms with Gasteiger partial charge in [-0.2, -0.15) is 0 Å². The van der Waals surface area contributed by atoms with Crippen LogP contribution in [0, 0.1) is 0 Å². The summed E-state index contributed by atoms with van der Waals surface area (Å²) in [6.07, 6.45) is 4.03. The maximum absolute atomic E-state index is 12.5. The van der Waals surface area contributed by atoms with Crippen LogP contribution in [0.25, 0.3) is 0 Å². The summed E-state index contributed by atoms with van der Waals surface area (Å²) < 4.78 is 0. The van der Waals surface area contributed by atoms with Gasteiger partial charge in [-0.05, 0) is 42.7 Å². The van der Waals surface area contributed by atoms with E-state index in [-0.39, 0.29) is 11.8 Å². The maximum atomic E-state index is 12.5. The molecule has 0 radical (unpaired) electrons. The predicted molar refractivity (Wildman–Crippen MR) is 102 cm³/mol. The lowest BCUT2D eigenvalue weighted by molar-refractivity contribution is 0.0953. The second-order valence-electron chi connectivity index (χ2n) is 6.01. The Morgan fingerprint density at radius 2 is 1.60 bits per heavy atom. The SMILES string of the molecule is CCCCCNC(=O)c1cccc(C(=O)Nc2ccccc2CC)c1. The summed E-state index contributed by atoms with van der Waals surface area (Å²) >= 11 is 0. The van der Waals surface area contributed by atoms with Crippen LogP contribution in [0.15, 0.2) is 48.5 Å². The van der Waals surface area contributed by atoms with Gasteiger partial charge in [-0.1, -0.05) is 51.0 Å². The quantitative estimate of drug-likeness (QED) is 0.700. The minimum Gasteiger partial charge on any atom is -0.352 e. The largest absolute Gasteiger partial charge is 0.352 e. The molecule has 0 heterocycles. The topological polar surface area (TPSA) is 58.2 Å². The lowest BCUT2D eigenvalue weighted by Gasteiger charge is -2.10. The Kier molecular flexibility index (Phi) is 7.20. The number of anilines is 1. The van der Waals surface area contributed by atoms with E-state index in [1.807, 2.05) is 24.3 Å². The van der Waals surface area contributed by atoms with Crippen molar-refractivity contribution in [3.8, 4) is 0 Å². The van der Waals surface area contributed by atoms with Crippen molar-refractivity contribution in [1.82, 2.24) is 5.32 Å². The van der Waals surface area contributed by atoms with E-state index in [4.69, 9.17) is 0 Å². The molecule has 0 fully saturated rings. The van der Waals surface area contributed by atoms with Crippen LogP contribution in [-0.2, 0) is 6.42 Å². The second kappa shape index (κ2) is 9.62. The number of nitrogens with one attached hydrogen (secondary N) is 2. The minimum atomic E-state index is -0.207. The van der Waals surface area contributed by atoms with Crippen LogP contribution in [0.5, 0.6) is 0 Å². The number of hydrogen-bond donors (Lipinski definition) is 2. The highest BCUT2D eigenvalue weighted by atomic mass is 16.2. The predicted octanol–water partition coefficient (Wildman–Crippen LogP) is 4.42. The van der Waals surface area contributed by atoms with Gasteiger partial charge in [0.1, 0.15) is 0 Å². The molecule has 0 aromatic heterocycles. The van der Waals surface area contributed by atoms with Crippen LogP contribution >= 0.6 is 0 Å². The zero-order chi connectivity index (χ0) is 18.1. The molecule has 25 heavy (non-hydrogen) atoms. The van der Waals surface area contributed by atoms with Crippen molar-refractivity contribution >= 4 is 17.5 Å². The van der Waals surface area contributed by atoms with Gasteiger partial charge >= 0.3 is 0 Å². The highest BCUT2D eigenvalue weighted by molar-refractivity contribution is 6.06. The lowest BCUT2D eigenvalue weighted by atomic mass is 10.1. The van der Waals surface area contributed by atoms with E-state index < -0.39 is 0 Å². The number of benzene rings is 2. The normalized spacial score (nSPS) is 10.3. The van der Waals surface area contributed by atoms with Crippen molar-refractivity contribution in [2.45, 2.75) is 39.5 Å². The number of amides is 2. The molecule has 0 bridgehead atoms. The Hall–Kier alpha value is -2.62. The number of para-hydroxylation sites is 1. The third-order valence-electron chi connectivity index (χ3n) is 4.10. The maximum Gasteiger partial charge on any atom is 0.255 e. The van der Waals surface area contributed by atoms with E-state index in [1.165, 1.54) is 0 Å². The van der Waals surface area contributed by atoms with Crippen LogP contribution in [0.1, 0.15) is 59.4 Å². The Morgan fingerprint density at radius 1 is 0.880 bits per heavy atom. The molecule has 0 atom stereocenters. The Balaban J connectivity index is 2.04. The first-order chi connectivity index (χ1) is 12.2. The Bertz CT molecular complexity index is 725. The molecule has 2 rings (SSSR count). The molecule has 132 valence electrons. The number of unbranched alkanes of at least 4 members (excludes halogenated alkanes) is 2. The monoisotopic (exact) mass is 338 g/mol. The molecule has 0 aliphatic rings. The van der Waals surface area contributed by atoms with Gasteiger partial charge in [0.05, 0.1) is 0 Å². The van der Waals surface area contributed by atoms with E-state index in [0.717, 1.165) is 36.9 Å². The summed E-state index contributed by atoms with van der Waals surface area (Å²) in [4.78, 5) is 24.7. The van der Waals surface area contributed by atoms with Crippen molar-refractivity contribution in [1.29, 1.82) is 0 Å². The van der Waals surface area contributed by atoms with Crippen LogP contribution in [0.3, 0.4) is 0 Å². The van der Waals surface area contributed by atoms with Crippen molar-refractivity contribution in [3.63, 3.8) is 0 Å². The van der Waals surface area contributed by atoms with E-state index in [9.17, 15) is 9.59 Å². The molecule has 2 amide bonds. The lowest BCUT2D eigenvalue weighted by Crippen LogP contribution is -2.25. The van der Waals surface area contributed by atoms with Gasteiger partial charge in [0.15, 0.2) is 0 Å². The molecule has 0 spiro atoms. The minimum absolute atomic E-state index is 0.139. The summed E-state index contributed by atoms with van der Waals surface area (Å²) in [5.41, 5.74) is 2.88. The third-order valence-corrected chi connectivity index (χ3v) is 4.10. The Labute approximate surface area is 149 Å². The number of hydrogen-bond acceptors (Lipinski definition) is 2. The average molecular weight is 338 g/mol. The van der Waals surface area contributed by atoms with E-state index in [0.29, 0.717) is 17.7 Å². The van der Waals surface area contributed by atoms with Crippen LogP contribution in [-0.4, -0.2) is 18.4 Å². The van der Waals surface area contributed by atoms with Gasteiger partial charge < -0.3 is 10.6 Å². The summed E-state index contributed by atoms with van der Waals surface area (Å²) in [7, 11) is 0. The van der Waals surface area contributed by atoms with Gasteiger partial charge in [0.25, 0.3) is 11.8 Å². The molecule has 0 aliphatic heterocycles. The Morgan fingerprint density at radius 3 is 2.32 bits per heavy atom. The molecule has 0 unspecified atom stereocenters. The van der Waals surface area contributed by atoms with Crippen LogP contribution < -0.4 is 10.6 Å². The number of carbonyl (C=O) groups is 2. The number of rotatable bonds is 8. The van der Waals surface area contributed by atoms with Crippen LogP contribution in [0.4, 0.5) is 5.69 Å². The average Bonchev–Trinajstić information content (AvgIpc) is 2.65. The van der Waals surface area contributed by atoms with Crippen molar-refractivity contribution in [3.05, 3.63) is 65.2 Å². The highest BCUT2D eigenvalue weighted by Crippen LogP contribution is 2.17. The van der Waals surface area contributed by atoms with Crippen molar-refractivity contribution in [2.24, 2.45) is 0 Å². The van der Waals surface area contributed by atoms with Gasteiger partial charge in [-0.3, -0.25) is 9.59 Å². The fourth-order valence-electron chi connectivity index (χ4n) is 2.63. The van der Waals surface area contributed by atoms with Gasteiger partial charge in [0, 0.05) is 23.4 Å². The molecule has 2 aromatic rings. The van der Waals surface area contributed by atoms with E-state index >= 15 is 0 Å². The summed E-state index contributed by atoms with van der Waals surface area (Å²) in [6.45, 7) is 4.84. The number of aryl methyl sites for hydroxylation is 1. The summed E-state index contributed by atoms with van der Waals surface area (Å²) in [5.74, 6) is -0.346. The van der Waals surface area contributed by atoms with Gasteiger partial charge in [-0.25, -0.2) is 0 Å². The second-order valence-corrected chi connectivity index (χ2v) is 6.01. The summed E-state index contributed by atoms with van der Waals surface area (Å²) in [6, 6.07) is 14.6. The zero-order valence-corrected chi connectivity index (χ0v) is 15.0. The standard InChI is InChI=1S/C21H26N2O2/c1-3-5-8-14-22-20(24)17-11-9-12-18(15-17)21(25)23-19-13-7-6-10-16(19)4-2/h6-7,9-13,15H,3-5,8,14H2,1-2H3,(H,22,24)(H,23,25). The fraction of sp³-hybridized carbons (Fsp3) is 0.333. The molecule has 0 saturated carbocycles. The third kappa shape index (κ3) is 5.45. The molecule has 2 aromatic carbocycles. The molecular weight excluding hydrogens is 312 g/mol. The molecule has 0 saturated heterocycles. The number of carbonyl (C=O) groups excluding carboxylic acids is 2. The van der Waals surface area contributed by atoms with E-state index in [2.05, 4.69) is 24.5 Å². The molecular formula is C21H26N2O2.